The number of ether oxygens (including phenoxy) is 1. The van der Waals surface area contributed by atoms with Gasteiger partial charge in [-0.05, 0) is 73.1 Å². The van der Waals surface area contributed by atoms with Gasteiger partial charge in [0.05, 0.1) is 18.0 Å². The maximum atomic E-state index is 12.9. The van der Waals surface area contributed by atoms with Crippen LogP contribution >= 0.6 is 23.4 Å². The van der Waals surface area contributed by atoms with E-state index >= 15 is 0 Å². The van der Waals surface area contributed by atoms with Crippen molar-refractivity contribution in [3.8, 4) is 5.75 Å². The third-order valence-corrected chi connectivity index (χ3v) is 6.47. The van der Waals surface area contributed by atoms with Gasteiger partial charge in [-0.3, -0.25) is 14.5 Å². The summed E-state index contributed by atoms with van der Waals surface area (Å²) in [4.78, 5) is 27.1. The number of hydrogen-bond donors (Lipinski definition) is 0. The van der Waals surface area contributed by atoms with Gasteiger partial charge in [0.2, 0.25) is 0 Å². The fourth-order valence-electron chi connectivity index (χ4n) is 3.68. The van der Waals surface area contributed by atoms with Gasteiger partial charge in [0.15, 0.2) is 0 Å². The van der Waals surface area contributed by atoms with Crippen LogP contribution in [0.5, 0.6) is 5.75 Å². The number of aromatic nitrogens is 1. The number of rotatable bonds is 7. The van der Waals surface area contributed by atoms with Gasteiger partial charge in [0, 0.05) is 16.4 Å². The zero-order valence-corrected chi connectivity index (χ0v) is 19.4. The first-order valence-electron chi connectivity index (χ1n) is 10.3. The maximum Gasteiger partial charge on any atom is 0.293 e. The maximum absolute atomic E-state index is 12.9. The lowest BCUT2D eigenvalue weighted by atomic mass is 10.2. The first-order valence-corrected chi connectivity index (χ1v) is 11.5. The quantitative estimate of drug-likeness (QED) is 0.396. The molecule has 1 aliphatic rings. The number of para-hydroxylation sites is 1. The Morgan fingerprint density at radius 1 is 1.03 bits per heavy atom. The molecule has 4 rings (SSSR count). The van der Waals surface area contributed by atoms with Crippen molar-refractivity contribution in [1.82, 2.24) is 9.47 Å². The van der Waals surface area contributed by atoms with Crippen LogP contribution in [-0.2, 0) is 17.9 Å². The highest BCUT2D eigenvalue weighted by Crippen LogP contribution is 2.34. The Balaban J connectivity index is 1.47. The Hall–Kier alpha value is -2.96. The van der Waals surface area contributed by atoms with Crippen molar-refractivity contribution in [3.05, 3.63) is 93.1 Å². The zero-order valence-electron chi connectivity index (χ0n) is 17.9. The summed E-state index contributed by atoms with van der Waals surface area (Å²) < 4.78 is 7.98. The number of hydrogen-bond acceptors (Lipinski definition) is 4. The van der Waals surface area contributed by atoms with E-state index in [0.29, 0.717) is 23.1 Å². The minimum absolute atomic E-state index is 0.207. The minimum Gasteiger partial charge on any atom is -0.492 e. The second-order valence-electron chi connectivity index (χ2n) is 7.54. The number of halogens is 1. The average Bonchev–Trinajstić information content (AvgIpc) is 3.19. The molecule has 2 aromatic carbocycles. The number of thioether (sulfide) groups is 1. The first-order chi connectivity index (χ1) is 15.4. The summed E-state index contributed by atoms with van der Waals surface area (Å²) in [5.41, 5.74) is 3.84. The largest absolute Gasteiger partial charge is 0.492 e. The van der Waals surface area contributed by atoms with Crippen LogP contribution in [0.2, 0.25) is 5.02 Å². The fourth-order valence-corrected chi connectivity index (χ4v) is 4.73. The fraction of sp³-hybridized carbons (Fsp3) is 0.200. The third-order valence-electron chi connectivity index (χ3n) is 5.33. The van der Waals surface area contributed by atoms with Crippen molar-refractivity contribution in [2.75, 3.05) is 6.61 Å². The number of nitrogens with zero attached hydrogens (tertiary/aromatic N) is 2. The Morgan fingerprint density at radius 2 is 1.81 bits per heavy atom. The van der Waals surface area contributed by atoms with Crippen LogP contribution in [0.25, 0.3) is 6.08 Å². The first kappa shape index (κ1) is 22.2. The molecule has 7 heteroatoms. The van der Waals surface area contributed by atoms with Crippen LogP contribution < -0.4 is 4.74 Å². The summed E-state index contributed by atoms with van der Waals surface area (Å²) in [6.45, 7) is 5.47. The SMILES string of the molecule is Cc1cc(/C=C2\SC(=O)N(Cc3cccc(Cl)c3)C2=O)c(C)n1CCOc1ccccc1. The van der Waals surface area contributed by atoms with Crippen molar-refractivity contribution in [2.24, 2.45) is 0 Å². The molecule has 0 aliphatic carbocycles. The van der Waals surface area contributed by atoms with Gasteiger partial charge in [-0.15, -0.1) is 0 Å². The van der Waals surface area contributed by atoms with E-state index < -0.39 is 0 Å². The second kappa shape index (κ2) is 9.67. The molecule has 3 aromatic rings. The molecule has 0 saturated carbocycles. The molecule has 2 heterocycles. The van der Waals surface area contributed by atoms with Crippen LogP contribution in [-0.4, -0.2) is 27.2 Å². The smallest absolute Gasteiger partial charge is 0.293 e. The van der Waals surface area contributed by atoms with Gasteiger partial charge < -0.3 is 9.30 Å². The van der Waals surface area contributed by atoms with Gasteiger partial charge in [-0.1, -0.05) is 41.9 Å². The predicted octanol–water partition coefficient (Wildman–Crippen LogP) is 6.07. The Bertz CT molecular complexity index is 1190. The van der Waals surface area contributed by atoms with E-state index in [2.05, 4.69) is 4.57 Å². The summed E-state index contributed by atoms with van der Waals surface area (Å²) >= 11 is 7.00. The van der Waals surface area contributed by atoms with E-state index in [9.17, 15) is 9.59 Å². The molecule has 0 atom stereocenters. The summed E-state index contributed by atoms with van der Waals surface area (Å²) in [5, 5.41) is 0.306. The molecule has 32 heavy (non-hydrogen) atoms. The highest BCUT2D eigenvalue weighted by Gasteiger charge is 2.35. The highest BCUT2D eigenvalue weighted by atomic mass is 35.5. The number of amides is 2. The molecule has 0 radical (unpaired) electrons. The number of benzene rings is 2. The Morgan fingerprint density at radius 3 is 2.56 bits per heavy atom. The monoisotopic (exact) mass is 466 g/mol. The zero-order chi connectivity index (χ0) is 22.7. The predicted molar refractivity (Wildman–Crippen MR) is 129 cm³/mol. The molecule has 1 aliphatic heterocycles. The Kier molecular flexibility index (Phi) is 6.72. The van der Waals surface area contributed by atoms with Gasteiger partial charge in [0.1, 0.15) is 12.4 Å². The Labute approximate surface area is 196 Å². The lowest BCUT2D eigenvalue weighted by molar-refractivity contribution is -0.123. The molecule has 5 nitrogen and oxygen atoms in total. The minimum atomic E-state index is -0.280. The van der Waals surface area contributed by atoms with Crippen molar-refractivity contribution in [2.45, 2.75) is 26.9 Å². The average molecular weight is 467 g/mol. The van der Waals surface area contributed by atoms with Crippen molar-refractivity contribution in [1.29, 1.82) is 0 Å². The van der Waals surface area contributed by atoms with Gasteiger partial charge in [0.25, 0.3) is 11.1 Å². The highest BCUT2D eigenvalue weighted by molar-refractivity contribution is 8.18. The normalized spacial score (nSPS) is 15.1. The van der Waals surface area contributed by atoms with Crippen LogP contribution in [0.1, 0.15) is 22.5 Å². The molecular weight excluding hydrogens is 444 g/mol. The van der Waals surface area contributed by atoms with Crippen LogP contribution in [0, 0.1) is 13.8 Å². The van der Waals surface area contributed by atoms with Crippen LogP contribution in [0.4, 0.5) is 4.79 Å². The molecule has 1 fully saturated rings. The topological polar surface area (TPSA) is 51.5 Å². The van der Waals surface area contributed by atoms with Crippen LogP contribution in [0.3, 0.4) is 0 Å². The summed E-state index contributed by atoms with van der Waals surface area (Å²) in [6, 6.07) is 18.9. The van der Waals surface area contributed by atoms with E-state index in [1.165, 1.54) is 4.90 Å². The summed E-state index contributed by atoms with van der Waals surface area (Å²) in [5.74, 6) is 0.556. The summed E-state index contributed by atoms with van der Waals surface area (Å²) in [7, 11) is 0. The van der Waals surface area contributed by atoms with E-state index in [1.54, 1.807) is 18.2 Å². The summed E-state index contributed by atoms with van der Waals surface area (Å²) in [6.07, 6.45) is 1.81. The molecule has 1 aromatic heterocycles. The molecule has 164 valence electrons. The van der Waals surface area contributed by atoms with E-state index in [0.717, 1.165) is 40.0 Å². The lowest BCUT2D eigenvalue weighted by Gasteiger charge is -2.12. The third kappa shape index (κ3) is 4.92. The van der Waals surface area contributed by atoms with E-state index in [4.69, 9.17) is 16.3 Å². The number of imide groups is 1. The molecule has 0 unspecified atom stereocenters. The van der Waals surface area contributed by atoms with Crippen molar-refractivity contribution >= 4 is 40.6 Å². The van der Waals surface area contributed by atoms with Gasteiger partial charge in [-0.25, -0.2) is 0 Å². The van der Waals surface area contributed by atoms with Gasteiger partial charge in [-0.2, -0.15) is 0 Å². The lowest BCUT2D eigenvalue weighted by Crippen LogP contribution is -2.27. The molecule has 2 amide bonds. The number of carbonyl (C=O) groups is 2. The second-order valence-corrected chi connectivity index (χ2v) is 8.97. The van der Waals surface area contributed by atoms with Crippen molar-refractivity contribution in [3.63, 3.8) is 0 Å². The molecule has 1 saturated heterocycles. The number of aryl methyl sites for hydroxylation is 1. The van der Waals surface area contributed by atoms with E-state index in [1.807, 2.05) is 62.4 Å². The van der Waals surface area contributed by atoms with E-state index in [-0.39, 0.29) is 17.7 Å². The number of carbonyl (C=O) groups excluding carboxylic acids is 2. The van der Waals surface area contributed by atoms with Crippen molar-refractivity contribution < 1.29 is 14.3 Å². The molecule has 0 N–H and O–H groups in total. The molecule has 0 spiro atoms. The standard InChI is InChI=1S/C25H23ClN2O3S/c1-17-13-20(18(2)27(17)11-12-31-22-9-4-3-5-10-22)15-23-24(29)28(25(30)32-23)16-19-7-6-8-21(26)14-19/h3-10,13-15H,11-12,16H2,1-2H3/b23-15-. The molecular formula is C25H23ClN2O3S. The van der Waals surface area contributed by atoms with Crippen LogP contribution in [0.15, 0.2) is 65.6 Å². The molecule has 0 bridgehead atoms. The van der Waals surface area contributed by atoms with Gasteiger partial charge >= 0.3 is 0 Å².